The van der Waals surface area contributed by atoms with E-state index < -0.39 is 0 Å². The number of nitrogens with zero attached hydrogens (tertiary/aromatic N) is 4. The number of aromatic nitrogens is 2. The Morgan fingerprint density at radius 1 is 0.838 bits per heavy atom. The van der Waals surface area contributed by atoms with E-state index in [9.17, 15) is 4.79 Å². The zero-order chi connectivity index (χ0) is 25.6. The summed E-state index contributed by atoms with van der Waals surface area (Å²) in [4.78, 5) is 27.1. The first-order valence-electron chi connectivity index (χ1n) is 12.8. The number of carbonyl (C=O) groups is 1. The molecule has 0 spiro atoms. The van der Waals surface area contributed by atoms with E-state index in [0.717, 1.165) is 53.5 Å². The Labute approximate surface area is 219 Å². The molecule has 1 fully saturated rings. The average Bonchev–Trinajstić information content (AvgIpc) is 2.94. The highest BCUT2D eigenvalue weighted by Crippen LogP contribution is 2.28. The summed E-state index contributed by atoms with van der Waals surface area (Å²) in [6, 6.07) is 28.7. The van der Waals surface area contributed by atoms with Gasteiger partial charge in [0.25, 0.3) is 0 Å². The van der Waals surface area contributed by atoms with Crippen LogP contribution in [0, 0.1) is 13.8 Å². The number of piperazine rings is 1. The van der Waals surface area contributed by atoms with Gasteiger partial charge in [-0.3, -0.25) is 4.79 Å². The van der Waals surface area contributed by atoms with E-state index in [1.54, 1.807) is 6.08 Å². The van der Waals surface area contributed by atoms with Crippen molar-refractivity contribution >= 4 is 17.8 Å². The van der Waals surface area contributed by atoms with E-state index in [-0.39, 0.29) is 5.91 Å². The number of amides is 1. The molecule has 0 bridgehead atoms. The summed E-state index contributed by atoms with van der Waals surface area (Å²) in [5.74, 6) is 1.76. The van der Waals surface area contributed by atoms with Gasteiger partial charge < -0.3 is 9.80 Å². The first-order chi connectivity index (χ1) is 18.1. The second kappa shape index (κ2) is 11.2. The van der Waals surface area contributed by atoms with Crippen molar-refractivity contribution in [1.82, 2.24) is 14.9 Å². The van der Waals surface area contributed by atoms with Crippen LogP contribution in [0.2, 0.25) is 0 Å². The number of anilines is 1. The van der Waals surface area contributed by atoms with Crippen molar-refractivity contribution in [2.24, 2.45) is 0 Å². The molecule has 0 saturated carbocycles. The van der Waals surface area contributed by atoms with Crippen LogP contribution < -0.4 is 4.90 Å². The fourth-order valence-electron chi connectivity index (χ4n) is 4.77. The van der Waals surface area contributed by atoms with Gasteiger partial charge >= 0.3 is 0 Å². The van der Waals surface area contributed by atoms with Crippen molar-refractivity contribution in [2.75, 3.05) is 31.1 Å². The molecule has 2 heterocycles. The SMILES string of the molecule is Cc1cccc(Cc2c(C)nc(-c3ccccc3)nc2N2CCN(C(=O)/C=C/c3ccccc3)CC2)c1. The summed E-state index contributed by atoms with van der Waals surface area (Å²) in [7, 11) is 0. The highest BCUT2D eigenvalue weighted by molar-refractivity contribution is 5.92. The monoisotopic (exact) mass is 488 g/mol. The number of benzene rings is 3. The summed E-state index contributed by atoms with van der Waals surface area (Å²) in [6.45, 7) is 6.98. The van der Waals surface area contributed by atoms with Gasteiger partial charge in [-0.1, -0.05) is 90.5 Å². The van der Waals surface area contributed by atoms with Crippen LogP contribution in [0.5, 0.6) is 0 Å². The van der Waals surface area contributed by atoms with Gasteiger partial charge in [-0.05, 0) is 31.1 Å². The molecule has 4 aromatic rings. The first kappa shape index (κ1) is 24.4. The molecule has 186 valence electrons. The maximum Gasteiger partial charge on any atom is 0.246 e. The molecule has 1 saturated heterocycles. The Morgan fingerprint density at radius 3 is 2.24 bits per heavy atom. The molecule has 0 radical (unpaired) electrons. The molecule has 5 heteroatoms. The van der Waals surface area contributed by atoms with Crippen LogP contribution >= 0.6 is 0 Å². The predicted octanol–water partition coefficient (Wildman–Crippen LogP) is 5.71. The minimum absolute atomic E-state index is 0.0485. The molecular formula is C32H32N4O. The highest BCUT2D eigenvalue weighted by atomic mass is 16.2. The topological polar surface area (TPSA) is 49.3 Å². The van der Waals surface area contributed by atoms with Crippen LogP contribution in [0.25, 0.3) is 17.5 Å². The molecule has 5 nitrogen and oxygen atoms in total. The van der Waals surface area contributed by atoms with Crippen LogP contribution in [0.15, 0.2) is 91.0 Å². The molecule has 0 N–H and O–H groups in total. The minimum Gasteiger partial charge on any atom is -0.353 e. The lowest BCUT2D eigenvalue weighted by Gasteiger charge is -2.36. The third kappa shape index (κ3) is 5.95. The van der Waals surface area contributed by atoms with Gasteiger partial charge in [0.05, 0.1) is 0 Å². The first-order valence-corrected chi connectivity index (χ1v) is 12.8. The van der Waals surface area contributed by atoms with Gasteiger partial charge in [-0.25, -0.2) is 9.97 Å². The fourth-order valence-corrected chi connectivity index (χ4v) is 4.77. The molecule has 0 unspecified atom stereocenters. The van der Waals surface area contributed by atoms with E-state index in [4.69, 9.17) is 9.97 Å². The molecule has 3 aromatic carbocycles. The lowest BCUT2D eigenvalue weighted by molar-refractivity contribution is -0.126. The van der Waals surface area contributed by atoms with Crippen molar-refractivity contribution in [3.8, 4) is 11.4 Å². The number of carbonyl (C=O) groups excluding carboxylic acids is 1. The Morgan fingerprint density at radius 2 is 1.54 bits per heavy atom. The molecule has 0 aliphatic carbocycles. The van der Waals surface area contributed by atoms with Gasteiger partial charge in [0, 0.05) is 55.5 Å². The molecule has 0 atom stereocenters. The predicted molar refractivity (Wildman–Crippen MR) is 150 cm³/mol. The maximum atomic E-state index is 12.8. The number of hydrogen-bond acceptors (Lipinski definition) is 4. The Balaban J connectivity index is 1.39. The van der Waals surface area contributed by atoms with E-state index in [2.05, 4.69) is 55.1 Å². The van der Waals surface area contributed by atoms with Crippen LogP contribution in [0.3, 0.4) is 0 Å². The minimum atomic E-state index is 0.0485. The zero-order valence-electron chi connectivity index (χ0n) is 21.5. The van der Waals surface area contributed by atoms with Crippen molar-refractivity contribution < 1.29 is 4.79 Å². The molecular weight excluding hydrogens is 456 g/mol. The molecule has 1 aliphatic heterocycles. The summed E-state index contributed by atoms with van der Waals surface area (Å²) in [5.41, 5.74) is 6.67. The highest BCUT2D eigenvalue weighted by Gasteiger charge is 2.24. The number of hydrogen-bond donors (Lipinski definition) is 0. The third-order valence-corrected chi connectivity index (χ3v) is 6.80. The third-order valence-electron chi connectivity index (χ3n) is 6.80. The van der Waals surface area contributed by atoms with E-state index >= 15 is 0 Å². The lowest BCUT2D eigenvalue weighted by atomic mass is 10.0. The Bertz CT molecular complexity index is 1390. The second-order valence-corrected chi connectivity index (χ2v) is 9.52. The van der Waals surface area contributed by atoms with Gasteiger partial charge in [-0.2, -0.15) is 0 Å². The van der Waals surface area contributed by atoms with Crippen LogP contribution in [-0.2, 0) is 11.2 Å². The molecule has 37 heavy (non-hydrogen) atoms. The van der Waals surface area contributed by atoms with E-state index in [1.165, 1.54) is 11.1 Å². The summed E-state index contributed by atoms with van der Waals surface area (Å²) < 4.78 is 0. The summed E-state index contributed by atoms with van der Waals surface area (Å²) in [5, 5.41) is 0. The van der Waals surface area contributed by atoms with Crippen LogP contribution in [-0.4, -0.2) is 47.0 Å². The molecule has 1 aliphatic rings. The van der Waals surface area contributed by atoms with E-state index in [1.807, 2.05) is 59.5 Å². The van der Waals surface area contributed by atoms with Gasteiger partial charge in [0.1, 0.15) is 5.82 Å². The largest absolute Gasteiger partial charge is 0.353 e. The summed E-state index contributed by atoms with van der Waals surface area (Å²) in [6.07, 6.45) is 4.34. The normalized spacial score (nSPS) is 13.8. The van der Waals surface area contributed by atoms with Crippen molar-refractivity contribution in [3.63, 3.8) is 0 Å². The zero-order valence-corrected chi connectivity index (χ0v) is 21.5. The van der Waals surface area contributed by atoms with Crippen molar-refractivity contribution in [3.05, 3.63) is 119 Å². The molecule has 1 amide bonds. The quantitative estimate of drug-likeness (QED) is 0.326. The van der Waals surface area contributed by atoms with Crippen LogP contribution in [0.1, 0.15) is 27.9 Å². The maximum absolute atomic E-state index is 12.8. The van der Waals surface area contributed by atoms with Gasteiger partial charge in [0.15, 0.2) is 5.82 Å². The number of rotatable bonds is 6. The standard InChI is InChI=1S/C32H32N4O/c1-24-10-9-13-27(22-24)23-29-25(2)33-31(28-14-7-4-8-15-28)34-32(29)36-20-18-35(19-21-36)30(37)17-16-26-11-5-3-6-12-26/h3-17,22H,18-21,23H2,1-2H3/b17-16+. The Hall–Kier alpha value is -4.25. The fraction of sp³-hybridized carbons (Fsp3) is 0.219. The molecule has 5 rings (SSSR count). The molecule has 1 aromatic heterocycles. The van der Waals surface area contributed by atoms with Crippen molar-refractivity contribution in [1.29, 1.82) is 0 Å². The van der Waals surface area contributed by atoms with Gasteiger partial charge in [-0.15, -0.1) is 0 Å². The van der Waals surface area contributed by atoms with E-state index in [0.29, 0.717) is 13.1 Å². The Kier molecular flexibility index (Phi) is 7.41. The number of aryl methyl sites for hydroxylation is 2. The lowest BCUT2D eigenvalue weighted by Crippen LogP contribution is -2.49. The van der Waals surface area contributed by atoms with Crippen LogP contribution in [0.4, 0.5) is 5.82 Å². The smallest absolute Gasteiger partial charge is 0.246 e. The van der Waals surface area contributed by atoms with Crippen molar-refractivity contribution in [2.45, 2.75) is 20.3 Å². The average molecular weight is 489 g/mol. The second-order valence-electron chi connectivity index (χ2n) is 9.52. The van der Waals surface area contributed by atoms with Gasteiger partial charge in [0.2, 0.25) is 5.91 Å². The summed E-state index contributed by atoms with van der Waals surface area (Å²) >= 11 is 0.